The van der Waals surface area contributed by atoms with E-state index in [4.69, 9.17) is 4.74 Å². The first-order chi connectivity index (χ1) is 14.2. The van der Waals surface area contributed by atoms with Crippen LogP contribution in [0, 0.1) is 5.92 Å². The van der Waals surface area contributed by atoms with Gasteiger partial charge in [-0.2, -0.15) is 18.3 Å². The molecule has 0 spiro atoms. The molecule has 4 rings (SSSR count). The molecular formula is C19H15F3N4O4. The molecule has 0 radical (unpaired) electrons. The number of carboxylic acids is 1. The summed E-state index contributed by atoms with van der Waals surface area (Å²) in [5.74, 6) is -1.95. The Labute approximate surface area is 167 Å². The van der Waals surface area contributed by atoms with Gasteiger partial charge in [0.1, 0.15) is 11.4 Å². The molecule has 156 valence electrons. The maximum absolute atomic E-state index is 12.8. The van der Waals surface area contributed by atoms with Gasteiger partial charge in [-0.05, 0) is 24.3 Å². The lowest BCUT2D eigenvalue weighted by molar-refractivity contribution is -0.141. The van der Waals surface area contributed by atoms with Crippen molar-refractivity contribution < 1.29 is 32.6 Å². The summed E-state index contributed by atoms with van der Waals surface area (Å²) in [6.07, 6.45) is -3.00. The summed E-state index contributed by atoms with van der Waals surface area (Å²) in [7, 11) is 0. The van der Waals surface area contributed by atoms with Crippen molar-refractivity contribution in [1.29, 1.82) is 0 Å². The summed E-state index contributed by atoms with van der Waals surface area (Å²) in [5, 5.41) is 16.8. The van der Waals surface area contributed by atoms with Gasteiger partial charge in [0.2, 0.25) is 0 Å². The van der Waals surface area contributed by atoms with E-state index in [9.17, 15) is 27.9 Å². The highest BCUT2D eigenvalue weighted by Crippen LogP contribution is 2.28. The highest BCUT2D eigenvalue weighted by molar-refractivity contribution is 6.08. The van der Waals surface area contributed by atoms with Gasteiger partial charge in [0.15, 0.2) is 0 Å². The fourth-order valence-electron chi connectivity index (χ4n) is 3.06. The number of benzene rings is 1. The Morgan fingerprint density at radius 1 is 1.27 bits per heavy atom. The fourth-order valence-corrected chi connectivity index (χ4v) is 3.06. The molecule has 30 heavy (non-hydrogen) atoms. The Morgan fingerprint density at radius 2 is 2.03 bits per heavy atom. The number of pyridine rings is 1. The van der Waals surface area contributed by atoms with E-state index in [-0.39, 0.29) is 11.3 Å². The molecule has 3 heterocycles. The van der Waals surface area contributed by atoms with Crippen molar-refractivity contribution in [3.05, 3.63) is 53.5 Å². The van der Waals surface area contributed by atoms with Gasteiger partial charge in [0.25, 0.3) is 5.91 Å². The Morgan fingerprint density at radius 3 is 2.67 bits per heavy atom. The molecule has 2 N–H and O–H groups in total. The van der Waals surface area contributed by atoms with Gasteiger partial charge in [-0.25, -0.2) is 9.78 Å². The molecule has 1 aliphatic heterocycles. The number of carbonyl (C=O) groups excluding carboxylic acids is 1. The predicted molar refractivity (Wildman–Crippen MR) is 98.2 cm³/mol. The maximum Gasteiger partial charge on any atom is 0.433 e. The SMILES string of the molecule is O=C(Nc1cc2cn(CC3COC3)nc2cc1C(=O)O)c1cccc(C(F)(F)F)n1. The molecule has 0 unspecified atom stereocenters. The van der Waals surface area contributed by atoms with Crippen LogP contribution in [0.2, 0.25) is 0 Å². The Kier molecular flexibility index (Phi) is 4.90. The van der Waals surface area contributed by atoms with Crippen molar-refractivity contribution in [2.75, 3.05) is 18.5 Å². The number of rotatable bonds is 5. The summed E-state index contributed by atoms with van der Waals surface area (Å²) >= 11 is 0. The first-order valence-corrected chi connectivity index (χ1v) is 8.88. The molecule has 0 aliphatic carbocycles. The summed E-state index contributed by atoms with van der Waals surface area (Å²) in [5.41, 5.74) is -1.58. The van der Waals surface area contributed by atoms with Crippen LogP contribution >= 0.6 is 0 Å². The molecule has 0 atom stereocenters. The monoisotopic (exact) mass is 420 g/mol. The number of carboxylic acid groups (broad SMARTS) is 1. The number of aromatic nitrogens is 3. The average Bonchev–Trinajstić information content (AvgIpc) is 3.05. The number of alkyl halides is 3. The summed E-state index contributed by atoms with van der Waals surface area (Å²) in [6.45, 7) is 1.86. The standard InChI is InChI=1S/C19H15F3N4O4/c20-19(21,22)16-3-1-2-13(23-16)17(27)24-15-4-11-7-26(6-10-8-30-9-10)25-14(11)5-12(15)18(28)29/h1-5,7,10H,6,8-9H2,(H,24,27)(H,28,29). The zero-order valence-electron chi connectivity index (χ0n) is 15.3. The molecule has 1 aliphatic rings. The van der Waals surface area contributed by atoms with Gasteiger partial charge in [0.05, 0.1) is 30.0 Å². The van der Waals surface area contributed by atoms with E-state index in [2.05, 4.69) is 15.4 Å². The van der Waals surface area contributed by atoms with E-state index >= 15 is 0 Å². The molecule has 1 amide bonds. The van der Waals surface area contributed by atoms with E-state index in [0.29, 0.717) is 36.6 Å². The van der Waals surface area contributed by atoms with Crippen LogP contribution in [-0.2, 0) is 17.5 Å². The van der Waals surface area contributed by atoms with Gasteiger partial charge in [-0.1, -0.05) is 6.07 Å². The number of hydrogen-bond acceptors (Lipinski definition) is 5. The number of nitrogens with zero attached hydrogens (tertiary/aromatic N) is 3. The van der Waals surface area contributed by atoms with E-state index in [1.54, 1.807) is 10.9 Å². The second-order valence-electron chi connectivity index (χ2n) is 6.88. The number of carbonyl (C=O) groups is 2. The number of fused-ring (bicyclic) bond motifs is 1. The van der Waals surface area contributed by atoms with Crippen LogP contribution < -0.4 is 5.32 Å². The number of aromatic carboxylic acids is 1. The Hall–Kier alpha value is -3.47. The zero-order chi connectivity index (χ0) is 21.5. The van der Waals surface area contributed by atoms with Crippen LogP contribution in [0.1, 0.15) is 26.5 Å². The second kappa shape index (κ2) is 7.41. The van der Waals surface area contributed by atoms with Gasteiger partial charge < -0.3 is 15.2 Å². The van der Waals surface area contributed by atoms with Crippen molar-refractivity contribution in [3.63, 3.8) is 0 Å². The third kappa shape index (κ3) is 3.96. The smallest absolute Gasteiger partial charge is 0.433 e. The summed E-state index contributed by atoms with van der Waals surface area (Å²) in [4.78, 5) is 27.4. The van der Waals surface area contributed by atoms with Crippen LogP contribution in [0.3, 0.4) is 0 Å². The van der Waals surface area contributed by atoms with Crippen molar-refractivity contribution in [2.24, 2.45) is 5.92 Å². The second-order valence-corrected chi connectivity index (χ2v) is 6.88. The number of nitrogens with one attached hydrogen (secondary N) is 1. The summed E-state index contributed by atoms with van der Waals surface area (Å²) in [6, 6.07) is 5.64. The molecule has 1 aromatic carbocycles. The van der Waals surface area contributed by atoms with Gasteiger partial charge in [-0.3, -0.25) is 9.48 Å². The van der Waals surface area contributed by atoms with Crippen LogP contribution in [0.15, 0.2) is 36.5 Å². The summed E-state index contributed by atoms with van der Waals surface area (Å²) < 4.78 is 45.3. The number of ether oxygens (including phenoxy) is 1. The normalized spacial score (nSPS) is 14.5. The molecule has 2 aromatic heterocycles. The topological polar surface area (TPSA) is 106 Å². The molecule has 0 bridgehead atoms. The van der Waals surface area contributed by atoms with Crippen molar-refractivity contribution in [2.45, 2.75) is 12.7 Å². The van der Waals surface area contributed by atoms with E-state index in [1.807, 2.05) is 0 Å². The third-order valence-corrected chi connectivity index (χ3v) is 4.59. The molecule has 1 saturated heterocycles. The first kappa shape index (κ1) is 19.8. The minimum absolute atomic E-state index is 0.0641. The third-order valence-electron chi connectivity index (χ3n) is 4.59. The lowest BCUT2D eigenvalue weighted by Crippen LogP contribution is -2.31. The average molecular weight is 420 g/mol. The van der Waals surface area contributed by atoms with Gasteiger partial charge in [0, 0.05) is 24.0 Å². The van der Waals surface area contributed by atoms with Crippen LogP contribution in [0.5, 0.6) is 0 Å². The predicted octanol–water partition coefficient (Wildman–Crippen LogP) is 3.05. The minimum atomic E-state index is -4.71. The quantitative estimate of drug-likeness (QED) is 0.657. The van der Waals surface area contributed by atoms with Crippen LogP contribution in [0.4, 0.5) is 18.9 Å². The molecule has 3 aromatic rings. The lowest BCUT2D eigenvalue weighted by Gasteiger charge is -2.25. The number of anilines is 1. The number of amides is 1. The minimum Gasteiger partial charge on any atom is -0.478 e. The molecule has 0 saturated carbocycles. The largest absolute Gasteiger partial charge is 0.478 e. The fraction of sp³-hybridized carbons (Fsp3) is 0.263. The van der Waals surface area contributed by atoms with E-state index in [1.165, 1.54) is 12.1 Å². The van der Waals surface area contributed by atoms with Gasteiger partial charge >= 0.3 is 12.1 Å². The van der Waals surface area contributed by atoms with Crippen molar-refractivity contribution >= 4 is 28.5 Å². The molecule has 1 fully saturated rings. The van der Waals surface area contributed by atoms with E-state index in [0.717, 1.165) is 18.2 Å². The Balaban J connectivity index is 1.64. The number of halogens is 3. The molecule has 11 heteroatoms. The van der Waals surface area contributed by atoms with Crippen molar-refractivity contribution in [1.82, 2.24) is 14.8 Å². The van der Waals surface area contributed by atoms with Crippen molar-refractivity contribution in [3.8, 4) is 0 Å². The maximum atomic E-state index is 12.8. The lowest BCUT2D eigenvalue weighted by atomic mass is 10.1. The first-order valence-electron chi connectivity index (χ1n) is 8.88. The van der Waals surface area contributed by atoms with E-state index < -0.39 is 29.4 Å². The Bertz CT molecular complexity index is 1140. The number of hydrogen-bond donors (Lipinski definition) is 2. The molecular weight excluding hydrogens is 405 g/mol. The zero-order valence-corrected chi connectivity index (χ0v) is 15.3. The highest BCUT2D eigenvalue weighted by atomic mass is 19.4. The van der Waals surface area contributed by atoms with Gasteiger partial charge in [-0.15, -0.1) is 0 Å². The van der Waals surface area contributed by atoms with Crippen LogP contribution in [-0.4, -0.2) is 45.0 Å². The van der Waals surface area contributed by atoms with Crippen LogP contribution in [0.25, 0.3) is 10.9 Å². The highest BCUT2D eigenvalue weighted by Gasteiger charge is 2.33. The molecule has 8 nitrogen and oxygen atoms in total.